The van der Waals surface area contributed by atoms with E-state index in [0.717, 1.165) is 16.8 Å². The van der Waals surface area contributed by atoms with Gasteiger partial charge in [-0.1, -0.05) is 58.5 Å². The summed E-state index contributed by atoms with van der Waals surface area (Å²) in [5.74, 6) is 1.19. The van der Waals surface area contributed by atoms with Crippen molar-refractivity contribution in [2.24, 2.45) is 0 Å². The van der Waals surface area contributed by atoms with Crippen molar-refractivity contribution in [1.29, 1.82) is 0 Å². The molecular formula is C22H19Cl4NO2. The van der Waals surface area contributed by atoms with Crippen LogP contribution in [0.3, 0.4) is 0 Å². The average molecular weight is 471 g/mol. The van der Waals surface area contributed by atoms with Crippen LogP contribution in [0.25, 0.3) is 0 Å². The summed E-state index contributed by atoms with van der Waals surface area (Å²) in [4.78, 5) is 0. The predicted molar refractivity (Wildman–Crippen MR) is 122 cm³/mol. The van der Waals surface area contributed by atoms with E-state index in [1.165, 1.54) is 0 Å². The number of ether oxygens (including phenoxy) is 2. The number of nitrogens with one attached hydrogen (secondary N) is 1. The molecule has 0 heterocycles. The molecule has 3 aromatic carbocycles. The van der Waals surface area contributed by atoms with Gasteiger partial charge in [0.2, 0.25) is 0 Å². The van der Waals surface area contributed by atoms with Gasteiger partial charge < -0.3 is 14.8 Å². The molecule has 0 amide bonds. The first-order valence-corrected chi connectivity index (χ1v) is 10.5. The van der Waals surface area contributed by atoms with Gasteiger partial charge in [-0.15, -0.1) is 0 Å². The second-order valence-corrected chi connectivity index (χ2v) is 7.91. The van der Waals surface area contributed by atoms with E-state index in [0.29, 0.717) is 51.3 Å². The van der Waals surface area contributed by atoms with E-state index in [1.807, 2.05) is 37.3 Å². The Labute approximate surface area is 190 Å². The standard InChI is InChI=1S/C22H19Cl4NO2/c1-2-28-21-9-15(12-27-20-10-17(24)6-7-18(20)25)19(26)11-22(21)29-13-14-4-3-5-16(23)8-14/h3-11,27H,2,12-13H2,1H3. The van der Waals surface area contributed by atoms with Gasteiger partial charge in [0, 0.05) is 27.7 Å². The molecule has 0 atom stereocenters. The van der Waals surface area contributed by atoms with E-state index in [9.17, 15) is 0 Å². The Hall–Kier alpha value is -1.78. The smallest absolute Gasteiger partial charge is 0.163 e. The number of hydrogen-bond acceptors (Lipinski definition) is 3. The fraction of sp³-hybridized carbons (Fsp3) is 0.182. The van der Waals surface area contributed by atoms with Crippen LogP contribution in [0.5, 0.6) is 11.5 Å². The second kappa shape index (κ2) is 10.3. The highest BCUT2D eigenvalue weighted by Crippen LogP contribution is 2.35. The Morgan fingerprint density at radius 2 is 1.55 bits per heavy atom. The molecule has 3 nitrogen and oxygen atoms in total. The molecule has 0 radical (unpaired) electrons. The molecule has 1 N–H and O–H groups in total. The summed E-state index contributed by atoms with van der Waals surface area (Å²) in [5.41, 5.74) is 2.54. The Bertz CT molecular complexity index is 995. The van der Waals surface area contributed by atoms with Gasteiger partial charge in [0.15, 0.2) is 11.5 Å². The van der Waals surface area contributed by atoms with Gasteiger partial charge in [0.05, 0.1) is 17.3 Å². The Kier molecular flexibility index (Phi) is 7.79. The van der Waals surface area contributed by atoms with Crippen molar-refractivity contribution in [2.45, 2.75) is 20.1 Å². The zero-order valence-corrected chi connectivity index (χ0v) is 18.7. The predicted octanol–water partition coefficient (Wildman–Crippen LogP) is 7.89. The molecule has 3 rings (SSSR count). The number of hydrogen-bond donors (Lipinski definition) is 1. The summed E-state index contributed by atoms with van der Waals surface area (Å²) in [6, 6.07) is 16.4. The van der Waals surface area contributed by atoms with Crippen molar-refractivity contribution in [3.63, 3.8) is 0 Å². The maximum absolute atomic E-state index is 6.49. The van der Waals surface area contributed by atoms with Gasteiger partial charge in [-0.3, -0.25) is 0 Å². The molecule has 0 fully saturated rings. The van der Waals surface area contributed by atoms with Crippen LogP contribution in [0.4, 0.5) is 5.69 Å². The summed E-state index contributed by atoms with van der Waals surface area (Å²) in [6.45, 7) is 3.22. The minimum absolute atomic E-state index is 0.354. The van der Waals surface area contributed by atoms with Gasteiger partial charge in [0.25, 0.3) is 0 Å². The number of halogens is 4. The minimum Gasteiger partial charge on any atom is -0.490 e. The number of anilines is 1. The summed E-state index contributed by atoms with van der Waals surface area (Å²) < 4.78 is 11.7. The Morgan fingerprint density at radius 3 is 2.31 bits per heavy atom. The molecule has 29 heavy (non-hydrogen) atoms. The third kappa shape index (κ3) is 6.10. The van der Waals surface area contributed by atoms with Crippen molar-refractivity contribution >= 4 is 52.1 Å². The topological polar surface area (TPSA) is 30.5 Å². The van der Waals surface area contributed by atoms with Crippen LogP contribution in [0.2, 0.25) is 20.1 Å². The van der Waals surface area contributed by atoms with Gasteiger partial charge in [0.1, 0.15) is 6.61 Å². The lowest BCUT2D eigenvalue weighted by Gasteiger charge is -2.16. The second-order valence-electron chi connectivity index (χ2n) is 6.22. The molecule has 0 spiro atoms. The minimum atomic E-state index is 0.354. The molecule has 0 bridgehead atoms. The monoisotopic (exact) mass is 469 g/mol. The Balaban J connectivity index is 1.77. The fourth-order valence-corrected chi connectivity index (χ4v) is 3.49. The zero-order chi connectivity index (χ0) is 20.8. The van der Waals surface area contributed by atoms with E-state index in [-0.39, 0.29) is 0 Å². The largest absolute Gasteiger partial charge is 0.490 e. The van der Waals surface area contributed by atoms with Crippen LogP contribution in [-0.4, -0.2) is 6.61 Å². The molecule has 0 unspecified atom stereocenters. The number of benzene rings is 3. The van der Waals surface area contributed by atoms with E-state index >= 15 is 0 Å². The van der Waals surface area contributed by atoms with Crippen LogP contribution in [0, 0.1) is 0 Å². The van der Waals surface area contributed by atoms with Crippen molar-refractivity contribution in [1.82, 2.24) is 0 Å². The first-order valence-electron chi connectivity index (χ1n) is 8.97. The van der Waals surface area contributed by atoms with E-state index < -0.39 is 0 Å². The first-order chi connectivity index (χ1) is 14.0. The lowest BCUT2D eigenvalue weighted by Crippen LogP contribution is -2.04. The van der Waals surface area contributed by atoms with Crippen molar-refractivity contribution in [3.8, 4) is 11.5 Å². The van der Waals surface area contributed by atoms with Gasteiger partial charge >= 0.3 is 0 Å². The van der Waals surface area contributed by atoms with Gasteiger partial charge in [-0.25, -0.2) is 0 Å². The SMILES string of the molecule is CCOc1cc(CNc2cc(Cl)ccc2Cl)c(Cl)cc1OCc1cccc(Cl)c1. The van der Waals surface area contributed by atoms with Crippen LogP contribution >= 0.6 is 46.4 Å². The maximum atomic E-state index is 6.49. The van der Waals surface area contributed by atoms with Crippen LogP contribution < -0.4 is 14.8 Å². The summed E-state index contributed by atoms with van der Waals surface area (Å²) in [7, 11) is 0. The van der Waals surface area contributed by atoms with Gasteiger partial charge in [-0.05, 0) is 54.4 Å². The lowest BCUT2D eigenvalue weighted by atomic mass is 10.2. The summed E-state index contributed by atoms with van der Waals surface area (Å²) >= 11 is 24.8. The molecule has 152 valence electrons. The lowest BCUT2D eigenvalue weighted by molar-refractivity contribution is 0.269. The molecule has 0 saturated carbocycles. The number of rotatable bonds is 8. The Morgan fingerprint density at radius 1 is 0.793 bits per heavy atom. The quantitative estimate of drug-likeness (QED) is 0.363. The van der Waals surface area contributed by atoms with Gasteiger partial charge in [-0.2, -0.15) is 0 Å². The van der Waals surface area contributed by atoms with Crippen LogP contribution in [0.1, 0.15) is 18.1 Å². The van der Waals surface area contributed by atoms with Crippen LogP contribution in [0.15, 0.2) is 54.6 Å². The fourth-order valence-electron chi connectivity index (χ4n) is 2.71. The highest BCUT2D eigenvalue weighted by Gasteiger charge is 2.12. The molecule has 7 heteroatoms. The third-order valence-electron chi connectivity index (χ3n) is 4.09. The normalized spacial score (nSPS) is 10.7. The van der Waals surface area contributed by atoms with E-state index in [2.05, 4.69) is 5.32 Å². The van der Waals surface area contributed by atoms with Crippen molar-refractivity contribution in [3.05, 3.63) is 85.8 Å². The van der Waals surface area contributed by atoms with Crippen LogP contribution in [-0.2, 0) is 13.2 Å². The zero-order valence-electron chi connectivity index (χ0n) is 15.6. The molecular weight excluding hydrogens is 452 g/mol. The average Bonchev–Trinajstić information content (AvgIpc) is 2.69. The maximum Gasteiger partial charge on any atom is 0.163 e. The third-order valence-corrected chi connectivity index (χ3v) is 5.25. The summed E-state index contributed by atoms with van der Waals surface area (Å²) in [6.07, 6.45) is 0. The highest BCUT2D eigenvalue weighted by atomic mass is 35.5. The van der Waals surface area contributed by atoms with E-state index in [4.69, 9.17) is 55.9 Å². The summed E-state index contributed by atoms with van der Waals surface area (Å²) in [5, 5.41) is 5.65. The van der Waals surface area contributed by atoms with Crippen molar-refractivity contribution in [2.75, 3.05) is 11.9 Å². The highest BCUT2D eigenvalue weighted by molar-refractivity contribution is 6.35. The molecule has 0 aliphatic rings. The molecule has 0 saturated heterocycles. The molecule has 3 aromatic rings. The molecule has 0 aliphatic heterocycles. The molecule has 0 aromatic heterocycles. The molecule has 0 aliphatic carbocycles. The first kappa shape index (κ1) is 21.9. The van der Waals surface area contributed by atoms with Crippen molar-refractivity contribution < 1.29 is 9.47 Å². The van der Waals surface area contributed by atoms with E-state index in [1.54, 1.807) is 24.3 Å².